The normalized spacial score (nSPS) is 13.0. The van der Waals surface area contributed by atoms with Gasteiger partial charge in [-0.2, -0.15) is 0 Å². The number of hydrogen-bond acceptors (Lipinski definition) is 5. The predicted octanol–water partition coefficient (Wildman–Crippen LogP) is 3.78. The van der Waals surface area contributed by atoms with Crippen molar-refractivity contribution < 1.29 is 14.3 Å². The van der Waals surface area contributed by atoms with Gasteiger partial charge < -0.3 is 10.1 Å². The number of hydrogen-bond donors (Lipinski definition) is 1. The summed E-state index contributed by atoms with van der Waals surface area (Å²) in [6, 6.07) is 11.3. The molecule has 2 aromatic heterocycles. The molecule has 0 unspecified atom stereocenters. The van der Waals surface area contributed by atoms with E-state index < -0.39 is 0 Å². The highest BCUT2D eigenvalue weighted by molar-refractivity contribution is 6.05. The molecule has 2 amide bonds. The molecule has 0 spiro atoms. The second-order valence-corrected chi connectivity index (χ2v) is 7.38. The van der Waals surface area contributed by atoms with Crippen LogP contribution in [0.2, 0.25) is 0 Å². The third kappa shape index (κ3) is 4.40. The molecule has 158 valence electrons. The Labute approximate surface area is 181 Å². The highest BCUT2D eigenvalue weighted by atomic mass is 16.5. The monoisotopic (exact) mass is 416 g/mol. The first-order valence-electron chi connectivity index (χ1n) is 10.3. The number of carbonyl (C=O) groups is 2. The maximum atomic E-state index is 12.7. The van der Waals surface area contributed by atoms with Gasteiger partial charge in [0.15, 0.2) is 0 Å². The molecule has 7 nitrogen and oxygen atoms in total. The van der Waals surface area contributed by atoms with Crippen molar-refractivity contribution in [2.75, 3.05) is 17.3 Å². The Balaban J connectivity index is 1.54. The van der Waals surface area contributed by atoms with Gasteiger partial charge in [-0.25, -0.2) is 4.98 Å². The van der Waals surface area contributed by atoms with Crippen LogP contribution in [0, 0.1) is 0 Å². The SMILES string of the molecule is CCc1cnccc1C(=O)Nc1cnc2c(c1)CCC(=O)N2Cc1ccc(OC)cc1. The molecule has 1 N–H and O–H groups in total. The van der Waals surface area contributed by atoms with Gasteiger partial charge in [0.25, 0.3) is 5.91 Å². The standard InChI is InChI=1S/C24H24N4O3/c1-3-17-13-25-11-10-21(17)24(30)27-19-12-18-6-9-22(29)28(23(18)26-14-19)15-16-4-7-20(31-2)8-5-16/h4-5,7-8,10-14H,3,6,9,15H2,1-2H3,(H,27,30). The number of pyridine rings is 2. The van der Waals surface area contributed by atoms with E-state index in [9.17, 15) is 9.59 Å². The maximum absolute atomic E-state index is 12.7. The zero-order chi connectivity index (χ0) is 21.8. The first-order valence-corrected chi connectivity index (χ1v) is 10.3. The number of ether oxygens (including phenoxy) is 1. The van der Waals surface area contributed by atoms with Crippen LogP contribution in [0.5, 0.6) is 5.75 Å². The Morgan fingerprint density at radius 3 is 2.71 bits per heavy atom. The fourth-order valence-corrected chi connectivity index (χ4v) is 3.70. The Morgan fingerprint density at radius 2 is 1.97 bits per heavy atom. The topological polar surface area (TPSA) is 84.4 Å². The summed E-state index contributed by atoms with van der Waals surface area (Å²) < 4.78 is 5.20. The van der Waals surface area contributed by atoms with E-state index in [1.807, 2.05) is 37.3 Å². The van der Waals surface area contributed by atoms with E-state index in [2.05, 4.69) is 15.3 Å². The van der Waals surface area contributed by atoms with Crippen LogP contribution in [0.4, 0.5) is 11.5 Å². The van der Waals surface area contributed by atoms with Crippen molar-refractivity contribution in [3.63, 3.8) is 0 Å². The number of amides is 2. The highest BCUT2D eigenvalue weighted by Crippen LogP contribution is 2.29. The second-order valence-electron chi connectivity index (χ2n) is 7.38. The molecule has 1 aliphatic heterocycles. The van der Waals surface area contributed by atoms with E-state index in [1.165, 1.54) is 0 Å². The second kappa shape index (κ2) is 8.95. The molecule has 3 heterocycles. The number of aryl methyl sites for hydroxylation is 2. The summed E-state index contributed by atoms with van der Waals surface area (Å²) in [6.45, 7) is 2.42. The van der Waals surface area contributed by atoms with Crippen LogP contribution in [0.25, 0.3) is 0 Å². The lowest BCUT2D eigenvalue weighted by atomic mass is 10.0. The molecule has 0 saturated carbocycles. The maximum Gasteiger partial charge on any atom is 0.256 e. The molecule has 3 aromatic rings. The summed E-state index contributed by atoms with van der Waals surface area (Å²) in [5.74, 6) is 1.26. The predicted molar refractivity (Wildman–Crippen MR) is 118 cm³/mol. The number of aromatic nitrogens is 2. The van der Waals surface area contributed by atoms with Crippen molar-refractivity contribution in [2.24, 2.45) is 0 Å². The minimum atomic E-state index is -0.192. The molecule has 0 saturated heterocycles. The van der Waals surface area contributed by atoms with E-state index in [-0.39, 0.29) is 11.8 Å². The molecule has 0 aliphatic carbocycles. The molecule has 31 heavy (non-hydrogen) atoms. The summed E-state index contributed by atoms with van der Waals surface area (Å²) in [6.07, 6.45) is 6.65. The minimum absolute atomic E-state index is 0.0389. The van der Waals surface area contributed by atoms with Crippen LogP contribution in [-0.2, 0) is 24.2 Å². The zero-order valence-electron chi connectivity index (χ0n) is 17.6. The lowest BCUT2D eigenvalue weighted by Gasteiger charge is -2.28. The number of fused-ring (bicyclic) bond motifs is 1. The molecule has 1 aromatic carbocycles. The zero-order valence-corrected chi connectivity index (χ0v) is 17.6. The average molecular weight is 416 g/mol. The lowest BCUT2D eigenvalue weighted by Crippen LogP contribution is -2.35. The van der Waals surface area contributed by atoms with Crippen molar-refractivity contribution in [3.8, 4) is 5.75 Å². The van der Waals surface area contributed by atoms with Crippen molar-refractivity contribution in [2.45, 2.75) is 32.7 Å². The number of rotatable bonds is 6. The summed E-state index contributed by atoms with van der Waals surface area (Å²) in [5, 5.41) is 2.92. The summed E-state index contributed by atoms with van der Waals surface area (Å²) >= 11 is 0. The van der Waals surface area contributed by atoms with Crippen molar-refractivity contribution in [1.82, 2.24) is 9.97 Å². The number of nitrogens with one attached hydrogen (secondary N) is 1. The smallest absolute Gasteiger partial charge is 0.256 e. The number of benzene rings is 1. The van der Waals surface area contributed by atoms with Gasteiger partial charge in [0, 0.05) is 24.4 Å². The van der Waals surface area contributed by atoms with Gasteiger partial charge in [-0.05, 0) is 53.8 Å². The Hall–Kier alpha value is -3.74. The van der Waals surface area contributed by atoms with Gasteiger partial charge in [-0.1, -0.05) is 19.1 Å². The number of nitrogens with zero attached hydrogens (tertiary/aromatic N) is 3. The van der Waals surface area contributed by atoms with Crippen LogP contribution in [-0.4, -0.2) is 28.9 Å². The largest absolute Gasteiger partial charge is 0.497 e. The molecule has 0 atom stereocenters. The molecule has 4 rings (SSSR count). The first-order chi connectivity index (χ1) is 15.1. The van der Waals surface area contributed by atoms with Gasteiger partial charge in [0.1, 0.15) is 11.6 Å². The van der Waals surface area contributed by atoms with Crippen LogP contribution in [0.3, 0.4) is 0 Å². The van der Waals surface area contributed by atoms with Crippen LogP contribution >= 0.6 is 0 Å². The van der Waals surface area contributed by atoms with E-state index in [4.69, 9.17) is 4.74 Å². The molecular formula is C24H24N4O3. The van der Waals surface area contributed by atoms with E-state index in [0.717, 1.165) is 28.9 Å². The quantitative estimate of drug-likeness (QED) is 0.661. The molecule has 0 fully saturated rings. The van der Waals surface area contributed by atoms with E-state index in [1.54, 1.807) is 36.7 Å². The van der Waals surface area contributed by atoms with Gasteiger partial charge in [-0.15, -0.1) is 0 Å². The number of carbonyl (C=O) groups excluding carboxylic acids is 2. The van der Waals surface area contributed by atoms with Gasteiger partial charge in [0.05, 0.1) is 25.5 Å². The fraction of sp³-hybridized carbons (Fsp3) is 0.250. The third-order valence-corrected chi connectivity index (χ3v) is 5.39. The molecule has 0 bridgehead atoms. The summed E-state index contributed by atoms with van der Waals surface area (Å²) in [5.41, 5.74) is 4.04. The number of methoxy groups -OCH3 is 1. The van der Waals surface area contributed by atoms with Crippen LogP contribution in [0.1, 0.15) is 40.4 Å². The summed E-state index contributed by atoms with van der Waals surface area (Å²) in [4.78, 5) is 35.6. The van der Waals surface area contributed by atoms with E-state index in [0.29, 0.717) is 36.5 Å². The van der Waals surface area contributed by atoms with Crippen molar-refractivity contribution in [3.05, 3.63) is 77.2 Å². The van der Waals surface area contributed by atoms with Crippen LogP contribution < -0.4 is 15.0 Å². The Bertz CT molecular complexity index is 1110. The van der Waals surface area contributed by atoms with Gasteiger partial charge in [0.2, 0.25) is 5.91 Å². The fourth-order valence-electron chi connectivity index (χ4n) is 3.70. The lowest BCUT2D eigenvalue weighted by molar-refractivity contribution is -0.119. The van der Waals surface area contributed by atoms with Crippen molar-refractivity contribution >= 4 is 23.3 Å². The number of anilines is 2. The average Bonchev–Trinajstić information content (AvgIpc) is 2.81. The first kappa shape index (κ1) is 20.5. The third-order valence-electron chi connectivity index (χ3n) is 5.39. The van der Waals surface area contributed by atoms with Crippen LogP contribution in [0.15, 0.2) is 55.0 Å². The summed E-state index contributed by atoms with van der Waals surface area (Å²) in [7, 11) is 1.62. The molecule has 0 radical (unpaired) electrons. The Morgan fingerprint density at radius 1 is 1.16 bits per heavy atom. The molecular weight excluding hydrogens is 392 g/mol. The van der Waals surface area contributed by atoms with Gasteiger partial charge in [-0.3, -0.25) is 19.5 Å². The van der Waals surface area contributed by atoms with E-state index >= 15 is 0 Å². The Kier molecular flexibility index (Phi) is 5.93. The molecule has 1 aliphatic rings. The van der Waals surface area contributed by atoms with Crippen molar-refractivity contribution in [1.29, 1.82) is 0 Å². The minimum Gasteiger partial charge on any atom is -0.497 e. The molecule has 7 heteroatoms. The highest BCUT2D eigenvalue weighted by Gasteiger charge is 2.26. The van der Waals surface area contributed by atoms with Gasteiger partial charge >= 0.3 is 0 Å².